The normalized spacial score (nSPS) is 15.5. The quantitative estimate of drug-likeness (QED) is 0.0787. The predicted molar refractivity (Wildman–Crippen MR) is 122 cm³/mol. The van der Waals surface area contributed by atoms with Crippen molar-refractivity contribution in [3.63, 3.8) is 0 Å². The van der Waals surface area contributed by atoms with Gasteiger partial charge in [-0.05, 0) is 32.1 Å². The maximum Gasteiger partial charge on any atom is 0.472 e. The Morgan fingerprint density at radius 2 is 1.44 bits per heavy atom. The number of ether oxygens (including phenoxy) is 1. The molecule has 0 spiro atoms. The second kappa shape index (κ2) is 20.8. The summed E-state index contributed by atoms with van der Waals surface area (Å²) in [7, 11) is -4.50. The van der Waals surface area contributed by atoms with Gasteiger partial charge in [-0.25, -0.2) is 4.57 Å². The lowest BCUT2D eigenvalue weighted by molar-refractivity contribution is -0.153. The van der Waals surface area contributed by atoms with Gasteiger partial charge in [-0.1, -0.05) is 57.6 Å². The van der Waals surface area contributed by atoms with Crippen molar-refractivity contribution in [3.8, 4) is 0 Å². The van der Waals surface area contributed by atoms with Gasteiger partial charge in [0.1, 0.15) is 12.2 Å². The third-order valence-corrected chi connectivity index (χ3v) is 5.66. The molecule has 0 heterocycles. The Bertz CT molecular complexity index is 528. The molecule has 4 N–H and O–H groups in total. The molecule has 0 rings (SSSR count). The third kappa shape index (κ3) is 19.9. The van der Waals surface area contributed by atoms with Crippen molar-refractivity contribution in [2.45, 2.75) is 96.2 Å². The highest BCUT2D eigenvalue weighted by Gasteiger charge is 2.25. The first-order valence-electron chi connectivity index (χ1n) is 11.7. The standard InChI is InChI=1S/C22H43O9P/c1-2-3-4-5-6-7-8-9-10-11-12-13-14-15-22(26)31-21(17-24)19-30-32(27,28)29-18-20(25)16-23/h7-8,20-21,23-25H,2-6,9-19H2,1H3,(H,27,28)/b8-7+/t20?,21-/m1/s1. The van der Waals surface area contributed by atoms with Crippen LogP contribution in [-0.2, 0) is 23.1 Å². The number of esters is 1. The van der Waals surface area contributed by atoms with Crippen molar-refractivity contribution in [2.24, 2.45) is 0 Å². The van der Waals surface area contributed by atoms with Crippen LogP contribution in [0.3, 0.4) is 0 Å². The Hall–Kier alpha value is -0.800. The highest BCUT2D eigenvalue weighted by atomic mass is 31.2. The second-order valence-electron chi connectivity index (χ2n) is 7.82. The van der Waals surface area contributed by atoms with E-state index in [1.807, 2.05) is 0 Å². The largest absolute Gasteiger partial charge is 0.472 e. The number of aliphatic hydroxyl groups is 3. The number of rotatable bonds is 22. The molecule has 0 saturated heterocycles. The number of carbonyl (C=O) groups is 1. The van der Waals surface area contributed by atoms with Crippen LogP contribution in [0, 0.1) is 0 Å². The molecule has 2 unspecified atom stereocenters. The molecule has 0 radical (unpaired) electrons. The molecule has 0 aromatic heterocycles. The lowest BCUT2D eigenvalue weighted by Crippen LogP contribution is -2.27. The fourth-order valence-electron chi connectivity index (χ4n) is 2.80. The van der Waals surface area contributed by atoms with Crippen LogP contribution in [-0.4, -0.2) is 64.8 Å². The molecule has 9 nitrogen and oxygen atoms in total. The van der Waals surface area contributed by atoms with E-state index in [2.05, 4.69) is 28.1 Å². The minimum absolute atomic E-state index is 0.199. The first-order chi connectivity index (χ1) is 15.3. The number of hydrogen-bond donors (Lipinski definition) is 4. The van der Waals surface area contributed by atoms with Gasteiger partial charge in [-0.3, -0.25) is 13.8 Å². The van der Waals surface area contributed by atoms with Crippen molar-refractivity contribution in [2.75, 3.05) is 26.4 Å². The van der Waals surface area contributed by atoms with Crippen LogP contribution in [0.15, 0.2) is 12.2 Å². The van der Waals surface area contributed by atoms with Gasteiger partial charge in [0.05, 0.1) is 26.4 Å². The first-order valence-corrected chi connectivity index (χ1v) is 13.2. The van der Waals surface area contributed by atoms with Gasteiger partial charge < -0.3 is 24.9 Å². The molecule has 0 aliphatic carbocycles. The van der Waals surface area contributed by atoms with Gasteiger partial charge in [0.2, 0.25) is 0 Å². The smallest absolute Gasteiger partial charge is 0.457 e. The van der Waals surface area contributed by atoms with E-state index in [0.717, 1.165) is 38.5 Å². The summed E-state index contributed by atoms with van der Waals surface area (Å²) in [5.74, 6) is -0.511. The monoisotopic (exact) mass is 482 g/mol. The molecular weight excluding hydrogens is 439 g/mol. The summed E-state index contributed by atoms with van der Waals surface area (Å²) in [6.07, 6.45) is 14.6. The Morgan fingerprint density at radius 1 is 0.875 bits per heavy atom. The van der Waals surface area contributed by atoms with Crippen LogP contribution >= 0.6 is 7.82 Å². The van der Waals surface area contributed by atoms with Crippen molar-refractivity contribution in [1.82, 2.24) is 0 Å². The van der Waals surface area contributed by atoms with E-state index in [1.54, 1.807) is 0 Å². The van der Waals surface area contributed by atoms with Crippen molar-refractivity contribution in [1.29, 1.82) is 0 Å². The van der Waals surface area contributed by atoms with Crippen molar-refractivity contribution in [3.05, 3.63) is 12.2 Å². The number of unbranched alkanes of at least 4 members (excludes halogenated alkanes) is 9. The minimum atomic E-state index is -4.50. The van der Waals surface area contributed by atoms with E-state index in [-0.39, 0.29) is 6.42 Å². The molecule has 0 saturated carbocycles. The minimum Gasteiger partial charge on any atom is -0.457 e. The Balaban J connectivity index is 3.78. The SMILES string of the molecule is CCCCCC/C=C/CCCCCCCC(=O)O[C@H](CO)COP(=O)(O)OCC(O)CO. The Morgan fingerprint density at radius 3 is 2.03 bits per heavy atom. The second-order valence-corrected chi connectivity index (χ2v) is 9.27. The van der Waals surface area contributed by atoms with Gasteiger partial charge in [0.25, 0.3) is 0 Å². The number of allylic oxidation sites excluding steroid dienone is 2. The van der Waals surface area contributed by atoms with Crippen LogP contribution in [0.25, 0.3) is 0 Å². The third-order valence-electron chi connectivity index (χ3n) is 4.71. The summed E-state index contributed by atoms with van der Waals surface area (Å²) in [5, 5.41) is 27.0. The number of phosphoric ester groups is 1. The number of phosphoric acid groups is 1. The molecule has 10 heteroatoms. The van der Waals surface area contributed by atoms with Gasteiger partial charge in [-0.15, -0.1) is 0 Å². The maximum atomic E-state index is 11.9. The summed E-state index contributed by atoms with van der Waals surface area (Å²) in [6, 6.07) is 0. The molecule has 0 amide bonds. The fraction of sp³-hybridized carbons (Fsp3) is 0.864. The van der Waals surface area contributed by atoms with Crippen LogP contribution in [0.5, 0.6) is 0 Å². The summed E-state index contributed by atoms with van der Waals surface area (Å²) in [4.78, 5) is 21.3. The molecule has 0 aromatic rings. The zero-order valence-electron chi connectivity index (χ0n) is 19.4. The van der Waals surface area contributed by atoms with E-state index in [4.69, 9.17) is 14.9 Å². The average Bonchev–Trinajstić information content (AvgIpc) is 2.78. The molecule has 0 aromatic carbocycles. The van der Waals surface area contributed by atoms with Gasteiger partial charge in [0.15, 0.2) is 0 Å². The zero-order valence-corrected chi connectivity index (χ0v) is 20.3. The van der Waals surface area contributed by atoms with Crippen LogP contribution < -0.4 is 0 Å². The average molecular weight is 483 g/mol. The fourth-order valence-corrected chi connectivity index (χ4v) is 3.59. The van der Waals surface area contributed by atoms with Crippen LogP contribution in [0.2, 0.25) is 0 Å². The summed E-state index contributed by atoms with van der Waals surface area (Å²) in [5.41, 5.74) is 0. The Labute approximate surface area is 192 Å². The summed E-state index contributed by atoms with van der Waals surface area (Å²) in [6.45, 7) is -0.115. The van der Waals surface area contributed by atoms with Crippen molar-refractivity contribution < 1.29 is 43.4 Å². The molecular formula is C22H43O9P. The number of hydrogen-bond acceptors (Lipinski definition) is 8. The highest BCUT2D eigenvalue weighted by Crippen LogP contribution is 2.43. The number of aliphatic hydroxyl groups excluding tert-OH is 3. The molecule has 190 valence electrons. The van der Waals surface area contributed by atoms with E-state index in [9.17, 15) is 19.4 Å². The molecule has 0 aliphatic rings. The highest BCUT2D eigenvalue weighted by molar-refractivity contribution is 7.47. The molecule has 0 aliphatic heterocycles. The van der Waals surface area contributed by atoms with Crippen LogP contribution in [0.4, 0.5) is 0 Å². The van der Waals surface area contributed by atoms with E-state index < -0.39 is 52.4 Å². The van der Waals surface area contributed by atoms with Gasteiger partial charge in [-0.2, -0.15) is 0 Å². The van der Waals surface area contributed by atoms with E-state index >= 15 is 0 Å². The van der Waals surface area contributed by atoms with E-state index in [0.29, 0.717) is 6.42 Å². The molecule has 0 fully saturated rings. The summed E-state index contributed by atoms with van der Waals surface area (Å²) < 4.78 is 25.8. The zero-order chi connectivity index (χ0) is 24.1. The lowest BCUT2D eigenvalue weighted by atomic mass is 10.1. The van der Waals surface area contributed by atoms with Crippen LogP contribution in [0.1, 0.15) is 84.0 Å². The Kier molecular flexibility index (Phi) is 20.3. The van der Waals surface area contributed by atoms with Crippen molar-refractivity contribution >= 4 is 13.8 Å². The maximum absolute atomic E-state index is 11.9. The lowest BCUT2D eigenvalue weighted by Gasteiger charge is -2.18. The van der Waals surface area contributed by atoms with Gasteiger partial charge in [0, 0.05) is 6.42 Å². The van der Waals surface area contributed by atoms with E-state index in [1.165, 1.54) is 25.7 Å². The molecule has 0 bridgehead atoms. The molecule has 3 atom stereocenters. The van der Waals surface area contributed by atoms with Gasteiger partial charge >= 0.3 is 13.8 Å². The first kappa shape index (κ1) is 31.2. The molecule has 32 heavy (non-hydrogen) atoms. The topological polar surface area (TPSA) is 143 Å². The predicted octanol–water partition coefficient (Wildman–Crippen LogP) is 3.63. The summed E-state index contributed by atoms with van der Waals surface area (Å²) >= 11 is 0. The number of carbonyl (C=O) groups excluding carboxylic acids is 1.